The van der Waals surface area contributed by atoms with Gasteiger partial charge in [-0.2, -0.15) is 0 Å². The number of ether oxygens (including phenoxy) is 1. The van der Waals surface area contributed by atoms with E-state index in [0.29, 0.717) is 38.5 Å². The van der Waals surface area contributed by atoms with Crippen LogP contribution in [-0.2, 0) is 9.53 Å². The van der Waals surface area contributed by atoms with Crippen LogP contribution in [-0.4, -0.2) is 47.8 Å². The molecule has 1 amide bonds. The van der Waals surface area contributed by atoms with E-state index in [1.807, 2.05) is 4.90 Å². The number of aliphatic hydroxyl groups excluding tert-OH is 1. The van der Waals surface area contributed by atoms with Crippen molar-refractivity contribution in [3.63, 3.8) is 0 Å². The Hall–Kier alpha value is -0.610. The maximum atomic E-state index is 12.0. The highest BCUT2D eigenvalue weighted by atomic mass is 16.5. The number of carbonyl (C=O) groups is 1. The molecule has 2 fully saturated rings. The van der Waals surface area contributed by atoms with Gasteiger partial charge in [-0.05, 0) is 25.2 Å². The molecule has 2 rings (SSSR count). The van der Waals surface area contributed by atoms with E-state index in [1.54, 1.807) is 0 Å². The number of hydrogen-bond donors (Lipinski definition) is 1. The van der Waals surface area contributed by atoms with Crippen LogP contribution in [0.25, 0.3) is 0 Å². The zero-order chi connectivity index (χ0) is 10.8. The largest absolute Gasteiger partial charge is 0.393 e. The normalized spacial score (nSPS) is 33.3. The maximum absolute atomic E-state index is 12.0. The van der Waals surface area contributed by atoms with Gasteiger partial charge in [0.2, 0.25) is 0 Å². The van der Waals surface area contributed by atoms with Crippen molar-refractivity contribution < 1.29 is 14.6 Å². The minimum absolute atomic E-state index is 0.118. The van der Waals surface area contributed by atoms with Gasteiger partial charge < -0.3 is 14.7 Å². The molecule has 2 atom stereocenters. The van der Waals surface area contributed by atoms with Gasteiger partial charge in [-0.3, -0.25) is 4.79 Å². The topological polar surface area (TPSA) is 49.8 Å². The molecule has 15 heavy (non-hydrogen) atoms. The molecule has 0 radical (unpaired) electrons. The van der Waals surface area contributed by atoms with Gasteiger partial charge in [-0.1, -0.05) is 6.92 Å². The number of aliphatic hydroxyl groups is 1. The lowest BCUT2D eigenvalue weighted by molar-refractivity contribution is -0.144. The number of rotatable bonds is 1. The number of nitrogens with zero attached hydrogens (tertiary/aromatic N) is 1. The van der Waals surface area contributed by atoms with Crippen LogP contribution in [0.3, 0.4) is 0 Å². The minimum Gasteiger partial charge on any atom is -0.393 e. The molecule has 2 unspecified atom stereocenters. The van der Waals surface area contributed by atoms with Crippen LogP contribution in [0.4, 0.5) is 0 Å². The van der Waals surface area contributed by atoms with Crippen molar-refractivity contribution in [2.45, 2.75) is 38.4 Å². The third-order valence-electron chi connectivity index (χ3n) is 3.41. The van der Waals surface area contributed by atoms with Crippen molar-refractivity contribution in [2.75, 3.05) is 19.7 Å². The van der Waals surface area contributed by atoms with Crippen molar-refractivity contribution in [2.24, 2.45) is 5.92 Å². The maximum Gasteiger partial charge on any atom is 0.251 e. The summed E-state index contributed by atoms with van der Waals surface area (Å²) in [6.45, 7) is 4.11. The molecule has 0 aromatic rings. The summed E-state index contributed by atoms with van der Waals surface area (Å²) in [4.78, 5) is 13.9. The monoisotopic (exact) mass is 213 g/mol. The second-order valence-electron chi connectivity index (χ2n) is 4.61. The van der Waals surface area contributed by atoms with Gasteiger partial charge in [-0.25, -0.2) is 0 Å². The highest BCUT2D eigenvalue weighted by molar-refractivity contribution is 5.81. The molecule has 0 aromatic heterocycles. The van der Waals surface area contributed by atoms with E-state index in [0.717, 1.165) is 6.42 Å². The number of likely N-dealkylation sites (tertiary alicyclic amines) is 1. The quantitative estimate of drug-likeness (QED) is 0.685. The number of hydrogen-bond acceptors (Lipinski definition) is 3. The highest BCUT2D eigenvalue weighted by Gasteiger charge is 2.35. The molecule has 2 heterocycles. The summed E-state index contributed by atoms with van der Waals surface area (Å²) >= 11 is 0. The van der Waals surface area contributed by atoms with Crippen LogP contribution in [0.5, 0.6) is 0 Å². The van der Waals surface area contributed by atoms with E-state index in [-0.39, 0.29) is 18.1 Å². The van der Waals surface area contributed by atoms with Gasteiger partial charge in [0.25, 0.3) is 5.91 Å². The van der Waals surface area contributed by atoms with Gasteiger partial charge in [0, 0.05) is 19.7 Å². The van der Waals surface area contributed by atoms with Gasteiger partial charge in [0.15, 0.2) is 0 Å². The summed E-state index contributed by atoms with van der Waals surface area (Å²) in [5, 5.41) is 9.36. The first kappa shape index (κ1) is 10.9. The van der Waals surface area contributed by atoms with Crippen LogP contribution in [0, 0.1) is 5.92 Å². The van der Waals surface area contributed by atoms with E-state index in [4.69, 9.17) is 4.74 Å². The standard InChI is InChI=1S/C11H19NO3/c1-8-4-7-15-10(8)11(14)12-5-2-9(13)3-6-12/h8-10,13H,2-7H2,1H3. The van der Waals surface area contributed by atoms with Crippen LogP contribution in [0.1, 0.15) is 26.2 Å². The summed E-state index contributed by atoms with van der Waals surface area (Å²) in [6, 6.07) is 0. The smallest absolute Gasteiger partial charge is 0.251 e. The molecule has 0 bridgehead atoms. The Kier molecular flexibility index (Phi) is 3.26. The first-order chi connectivity index (χ1) is 7.18. The van der Waals surface area contributed by atoms with Gasteiger partial charge in [-0.15, -0.1) is 0 Å². The fourth-order valence-electron chi connectivity index (χ4n) is 2.28. The lowest BCUT2D eigenvalue weighted by atomic mass is 10.0. The van der Waals surface area contributed by atoms with Crippen molar-refractivity contribution in [3.8, 4) is 0 Å². The molecule has 4 heteroatoms. The summed E-state index contributed by atoms with van der Waals surface area (Å²) in [7, 11) is 0. The number of piperidine rings is 1. The van der Waals surface area contributed by atoms with Crippen molar-refractivity contribution in [1.29, 1.82) is 0 Å². The van der Waals surface area contributed by atoms with E-state index in [1.165, 1.54) is 0 Å². The third-order valence-corrected chi connectivity index (χ3v) is 3.41. The van der Waals surface area contributed by atoms with Gasteiger partial charge in [0.1, 0.15) is 6.10 Å². The average molecular weight is 213 g/mol. The second-order valence-corrected chi connectivity index (χ2v) is 4.61. The van der Waals surface area contributed by atoms with Crippen LogP contribution in [0.2, 0.25) is 0 Å². The van der Waals surface area contributed by atoms with E-state index < -0.39 is 0 Å². The predicted octanol–water partition coefficient (Wildman–Crippen LogP) is 0.395. The number of carbonyl (C=O) groups excluding carboxylic acids is 1. The average Bonchev–Trinajstić information content (AvgIpc) is 2.65. The summed E-state index contributed by atoms with van der Waals surface area (Å²) in [5.74, 6) is 0.455. The highest BCUT2D eigenvalue weighted by Crippen LogP contribution is 2.23. The Labute approximate surface area is 90.2 Å². The van der Waals surface area contributed by atoms with Crippen LogP contribution in [0.15, 0.2) is 0 Å². The van der Waals surface area contributed by atoms with E-state index in [9.17, 15) is 9.90 Å². The molecular weight excluding hydrogens is 194 g/mol. The van der Waals surface area contributed by atoms with Crippen molar-refractivity contribution in [1.82, 2.24) is 4.90 Å². The first-order valence-corrected chi connectivity index (χ1v) is 5.77. The molecule has 2 aliphatic rings. The van der Waals surface area contributed by atoms with Crippen LogP contribution < -0.4 is 0 Å². The Morgan fingerprint density at radius 3 is 2.53 bits per heavy atom. The Bertz CT molecular complexity index is 236. The third kappa shape index (κ3) is 2.32. The molecule has 0 saturated carbocycles. The Balaban J connectivity index is 1.90. The van der Waals surface area contributed by atoms with Gasteiger partial charge in [0.05, 0.1) is 6.10 Å². The Morgan fingerprint density at radius 1 is 1.33 bits per heavy atom. The Morgan fingerprint density at radius 2 is 2.00 bits per heavy atom. The fraction of sp³-hybridized carbons (Fsp3) is 0.909. The van der Waals surface area contributed by atoms with E-state index in [2.05, 4.69) is 6.92 Å². The minimum atomic E-state index is -0.236. The molecule has 86 valence electrons. The molecule has 2 aliphatic heterocycles. The molecule has 4 nitrogen and oxygen atoms in total. The van der Waals surface area contributed by atoms with Crippen molar-refractivity contribution in [3.05, 3.63) is 0 Å². The summed E-state index contributed by atoms with van der Waals surface area (Å²) in [6.07, 6.45) is 1.92. The lowest BCUT2D eigenvalue weighted by Gasteiger charge is -2.32. The summed E-state index contributed by atoms with van der Waals surface area (Å²) in [5.41, 5.74) is 0. The zero-order valence-electron chi connectivity index (χ0n) is 9.19. The molecule has 0 aliphatic carbocycles. The molecule has 0 aromatic carbocycles. The molecule has 2 saturated heterocycles. The molecular formula is C11H19NO3. The van der Waals surface area contributed by atoms with Crippen LogP contribution >= 0.6 is 0 Å². The molecule has 1 N–H and O–H groups in total. The summed E-state index contributed by atoms with van der Waals surface area (Å²) < 4.78 is 5.45. The van der Waals surface area contributed by atoms with E-state index >= 15 is 0 Å². The van der Waals surface area contributed by atoms with Gasteiger partial charge >= 0.3 is 0 Å². The fourth-order valence-corrected chi connectivity index (χ4v) is 2.28. The van der Waals surface area contributed by atoms with Crippen molar-refractivity contribution >= 4 is 5.91 Å². The zero-order valence-corrected chi connectivity index (χ0v) is 9.19. The number of amides is 1. The SMILES string of the molecule is CC1CCOC1C(=O)N1CCC(O)CC1. The molecule has 0 spiro atoms. The second kappa shape index (κ2) is 4.49. The lowest BCUT2D eigenvalue weighted by Crippen LogP contribution is -2.46. The predicted molar refractivity (Wildman–Crippen MR) is 55.3 cm³/mol. The first-order valence-electron chi connectivity index (χ1n) is 5.77.